The topological polar surface area (TPSA) is 32.3 Å². The third kappa shape index (κ3) is 3.05. The van der Waals surface area contributed by atoms with Gasteiger partial charge in [0.2, 0.25) is 5.91 Å². The van der Waals surface area contributed by atoms with Crippen molar-refractivity contribution in [3.63, 3.8) is 0 Å². The number of nitrogens with zero attached hydrogens (tertiary/aromatic N) is 1. The van der Waals surface area contributed by atoms with Gasteiger partial charge in [0, 0.05) is 6.54 Å². The number of carbonyl (C=O) groups is 1. The SMILES string of the molecule is C#CCNC(=O)CN1CCCc2cc(C)cc(F)c21. The smallest absolute Gasteiger partial charge is 0.240 e. The van der Waals surface area contributed by atoms with Crippen LogP contribution in [0.15, 0.2) is 12.1 Å². The molecule has 1 aliphatic rings. The Morgan fingerprint density at radius 1 is 1.58 bits per heavy atom. The summed E-state index contributed by atoms with van der Waals surface area (Å²) in [5, 5.41) is 2.60. The Labute approximate surface area is 112 Å². The van der Waals surface area contributed by atoms with Gasteiger partial charge in [0.15, 0.2) is 0 Å². The molecule has 3 nitrogen and oxygen atoms in total. The number of terminal acetylenes is 1. The molecule has 0 saturated heterocycles. The van der Waals surface area contributed by atoms with E-state index in [-0.39, 0.29) is 24.8 Å². The van der Waals surface area contributed by atoms with E-state index in [1.165, 1.54) is 6.07 Å². The number of rotatable bonds is 3. The predicted octanol–water partition coefficient (Wildman–Crippen LogP) is 1.64. The van der Waals surface area contributed by atoms with Crippen molar-refractivity contribution >= 4 is 11.6 Å². The lowest BCUT2D eigenvalue weighted by Gasteiger charge is -2.31. The van der Waals surface area contributed by atoms with Crippen LogP contribution in [-0.4, -0.2) is 25.5 Å². The van der Waals surface area contributed by atoms with E-state index in [2.05, 4.69) is 11.2 Å². The van der Waals surface area contributed by atoms with E-state index in [1.54, 1.807) is 4.90 Å². The predicted molar refractivity (Wildman–Crippen MR) is 73.5 cm³/mol. The first kappa shape index (κ1) is 13.4. The van der Waals surface area contributed by atoms with Crippen LogP contribution in [0, 0.1) is 25.1 Å². The van der Waals surface area contributed by atoms with Crippen molar-refractivity contribution in [2.45, 2.75) is 19.8 Å². The molecular weight excluding hydrogens is 243 g/mol. The number of halogens is 1. The maximum absolute atomic E-state index is 14.1. The number of anilines is 1. The Hall–Kier alpha value is -2.02. The molecule has 4 heteroatoms. The molecule has 1 amide bonds. The van der Waals surface area contributed by atoms with E-state index in [9.17, 15) is 9.18 Å². The Kier molecular flexibility index (Phi) is 4.06. The molecular formula is C15H17FN2O. The Bertz CT molecular complexity index is 534. The van der Waals surface area contributed by atoms with Gasteiger partial charge in [-0.15, -0.1) is 6.42 Å². The van der Waals surface area contributed by atoms with Crippen LogP contribution in [0.2, 0.25) is 0 Å². The summed E-state index contributed by atoms with van der Waals surface area (Å²) >= 11 is 0. The van der Waals surface area contributed by atoms with Gasteiger partial charge in [0.25, 0.3) is 0 Å². The first-order valence-electron chi connectivity index (χ1n) is 6.36. The zero-order chi connectivity index (χ0) is 13.8. The second-order valence-electron chi connectivity index (χ2n) is 4.76. The van der Waals surface area contributed by atoms with Crippen LogP contribution in [0.5, 0.6) is 0 Å². The van der Waals surface area contributed by atoms with Gasteiger partial charge in [0.05, 0.1) is 18.8 Å². The van der Waals surface area contributed by atoms with E-state index >= 15 is 0 Å². The first-order chi connectivity index (χ1) is 9.11. The number of benzene rings is 1. The summed E-state index contributed by atoms with van der Waals surface area (Å²) in [6.45, 7) is 2.92. The van der Waals surface area contributed by atoms with Crippen molar-refractivity contribution in [3.8, 4) is 12.3 Å². The summed E-state index contributed by atoms with van der Waals surface area (Å²) in [5.41, 5.74) is 2.45. The van der Waals surface area contributed by atoms with Gasteiger partial charge in [-0.1, -0.05) is 12.0 Å². The molecule has 0 aromatic heterocycles. The molecule has 0 saturated carbocycles. The van der Waals surface area contributed by atoms with E-state index in [0.29, 0.717) is 12.2 Å². The number of fused-ring (bicyclic) bond motifs is 1. The minimum Gasteiger partial charge on any atom is -0.360 e. The fraction of sp³-hybridized carbons (Fsp3) is 0.400. The highest BCUT2D eigenvalue weighted by Crippen LogP contribution is 2.30. The molecule has 0 aliphatic carbocycles. The van der Waals surface area contributed by atoms with Gasteiger partial charge in [-0.05, 0) is 37.0 Å². The van der Waals surface area contributed by atoms with Crippen molar-refractivity contribution in [3.05, 3.63) is 29.1 Å². The van der Waals surface area contributed by atoms with Gasteiger partial charge >= 0.3 is 0 Å². The fourth-order valence-corrected chi connectivity index (χ4v) is 2.46. The van der Waals surface area contributed by atoms with Crippen molar-refractivity contribution < 1.29 is 9.18 Å². The van der Waals surface area contributed by atoms with Crippen molar-refractivity contribution in [2.24, 2.45) is 0 Å². The lowest BCUT2D eigenvalue weighted by atomic mass is 9.99. The molecule has 0 radical (unpaired) electrons. The number of hydrogen-bond acceptors (Lipinski definition) is 2. The first-order valence-corrected chi connectivity index (χ1v) is 6.36. The molecule has 19 heavy (non-hydrogen) atoms. The molecule has 2 rings (SSSR count). The summed E-state index contributed by atoms with van der Waals surface area (Å²) in [6, 6.07) is 3.50. The molecule has 0 atom stereocenters. The minimum atomic E-state index is -0.251. The highest BCUT2D eigenvalue weighted by atomic mass is 19.1. The van der Waals surface area contributed by atoms with E-state index in [0.717, 1.165) is 24.0 Å². The standard InChI is InChI=1S/C15H17FN2O/c1-3-6-17-14(19)10-18-7-4-5-12-8-11(2)9-13(16)15(12)18/h1,8-9H,4-7,10H2,2H3,(H,17,19). The van der Waals surface area contributed by atoms with Crippen LogP contribution < -0.4 is 10.2 Å². The van der Waals surface area contributed by atoms with Gasteiger partial charge in [-0.25, -0.2) is 4.39 Å². The second-order valence-corrected chi connectivity index (χ2v) is 4.76. The number of nitrogens with one attached hydrogen (secondary N) is 1. The lowest BCUT2D eigenvalue weighted by molar-refractivity contribution is -0.119. The zero-order valence-electron chi connectivity index (χ0n) is 11.0. The van der Waals surface area contributed by atoms with Crippen LogP contribution in [-0.2, 0) is 11.2 Å². The quantitative estimate of drug-likeness (QED) is 0.838. The second kappa shape index (κ2) is 5.75. The van der Waals surface area contributed by atoms with Gasteiger partial charge in [0.1, 0.15) is 5.82 Å². The van der Waals surface area contributed by atoms with E-state index < -0.39 is 0 Å². The monoisotopic (exact) mass is 260 g/mol. The molecule has 1 N–H and O–H groups in total. The summed E-state index contributed by atoms with van der Waals surface area (Å²) in [4.78, 5) is 13.5. The van der Waals surface area contributed by atoms with Crippen LogP contribution in [0.3, 0.4) is 0 Å². The molecule has 1 aromatic rings. The summed E-state index contributed by atoms with van der Waals surface area (Å²) in [7, 11) is 0. The summed E-state index contributed by atoms with van der Waals surface area (Å²) in [5.74, 6) is 1.92. The fourth-order valence-electron chi connectivity index (χ4n) is 2.46. The van der Waals surface area contributed by atoms with Gasteiger partial charge in [-0.3, -0.25) is 4.79 Å². The largest absolute Gasteiger partial charge is 0.360 e. The Morgan fingerprint density at radius 2 is 2.37 bits per heavy atom. The lowest BCUT2D eigenvalue weighted by Crippen LogP contribution is -2.40. The average Bonchev–Trinajstić information content (AvgIpc) is 2.35. The molecule has 0 bridgehead atoms. The van der Waals surface area contributed by atoms with E-state index in [1.807, 2.05) is 13.0 Å². The number of aryl methyl sites for hydroxylation is 2. The molecule has 0 fully saturated rings. The molecule has 1 aromatic carbocycles. The number of carbonyl (C=O) groups excluding carboxylic acids is 1. The van der Waals surface area contributed by atoms with Crippen molar-refractivity contribution in [1.82, 2.24) is 5.32 Å². The Morgan fingerprint density at radius 3 is 3.11 bits per heavy atom. The molecule has 1 heterocycles. The molecule has 0 unspecified atom stereocenters. The van der Waals surface area contributed by atoms with Gasteiger partial charge < -0.3 is 10.2 Å². The van der Waals surface area contributed by atoms with Crippen molar-refractivity contribution in [2.75, 3.05) is 24.5 Å². The van der Waals surface area contributed by atoms with Crippen molar-refractivity contribution in [1.29, 1.82) is 0 Å². The summed E-state index contributed by atoms with van der Waals surface area (Å²) < 4.78 is 14.1. The highest BCUT2D eigenvalue weighted by molar-refractivity contribution is 5.82. The third-order valence-electron chi connectivity index (χ3n) is 3.20. The number of hydrogen-bond donors (Lipinski definition) is 1. The van der Waals surface area contributed by atoms with Crippen LogP contribution >= 0.6 is 0 Å². The van der Waals surface area contributed by atoms with Crippen LogP contribution in [0.25, 0.3) is 0 Å². The minimum absolute atomic E-state index is 0.147. The zero-order valence-corrected chi connectivity index (χ0v) is 11.0. The third-order valence-corrected chi connectivity index (χ3v) is 3.20. The Balaban J connectivity index is 2.18. The normalized spacial score (nSPS) is 13.6. The van der Waals surface area contributed by atoms with E-state index in [4.69, 9.17) is 6.42 Å². The molecule has 1 aliphatic heterocycles. The van der Waals surface area contributed by atoms with Crippen LogP contribution in [0.1, 0.15) is 17.5 Å². The highest BCUT2D eigenvalue weighted by Gasteiger charge is 2.22. The molecule has 100 valence electrons. The van der Waals surface area contributed by atoms with Gasteiger partial charge in [-0.2, -0.15) is 0 Å². The molecule has 0 spiro atoms. The maximum Gasteiger partial charge on any atom is 0.240 e. The maximum atomic E-state index is 14.1. The van der Waals surface area contributed by atoms with Crippen LogP contribution in [0.4, 0.5) is 10.1 Å². The summed E-state index contributed by atoms with van der Waals surface area (Å²) in [6.07, 6.45) is 6.88. The average molecular weight is 260 g/mol. The number of amides is 1.